The Labute approximate surface area is 370 Å². The van der Waals surface area contributed by atoms with E-state index in [1.54, 1.807) is 73.2 Å². The van der Waals surface area contributed by atoms with Crippen LogP contribution in [0.2, 0.25) is 10.6 Å². The largest absolute Gasteiger partial charge is 0.442 e. The molecule has 0 aromatic carbocycles. The van der Waals surface area contributed by atoms with Crippen molar-refractivity contribution in [2.45, 2.75) is 143 Å². The number of halogens is 2. The molecule has 4 aromatic heterocycles. The number of hydrogen-bond donors (Lipinski definition) is 2. The number of rotatable bonds is 4. The molecule has 2 atom stereocenters. The van der Waals surface area contributed by atoms with Gasteiger partial charge in [-0.15, -0.1) is 5.01 Å². The molecule has 23 heteroatoms. The van der Waals surface area contributed by atoms with Crippen molar-refractivity contribution in [1.29, 1.82) is 0 Å². The number of nitrogens with one attached hydrogen (secondary N) is 1. The Kier molecular flexibility index (Phi) is 16.1. The Hall–Kier alpha value is -4.67. The van der Waals surface area contributed by atoms with Gasteiger partial charge in [-0.25, -0.2) is 29.6 Å². The van der Waals surface area contributed by atoms with Gasteiger partial charge in [-0.1, -0.05) is 0 Å². The highest BCUT2D eigenvalue weighted by molar-refractivity contribution is 6.29. The minimum Gasteiger partial charge on any atom is -0.442 e. The number of carbonyl (C=O) groups excluding carboxylic acids is 3. The summed E-state index contributed by atoms with van der Waals surface area (Å²) in [7, 11) is 0. The van der Waals surface area contributed by atoms with Crippen molar-refractivity contribution in [2.24, 2.45) is 5.84 Å². The van der Waals surface area contributed by atoms with Gasteiger partial charge in [0, 0.05) is 26.4 Å². The van der Waals surface area contributed by atoms with Gasteiger partial charge >= 0.3 is 18.3 Å². The van der Waals surface area contributed by atoms with Gasteiger partial charge < -0.3 is 33.8 Å². The highest BCUT2D eigenvalue weighted by Gasteiger charge is 2.43. The molecule has 3 aliphatic heterocycles. The molecule has 0 saturated carbocycles. The second kappa shape index (κ2) is 20.7. The van der Waals surface area contributed by atoms with Crippen molar-refractivity contribution in [2.75, 3.05) is 36.9 Å². The fourth-order valence-electron chi connectivity index (χ4n) is 6.24. The number of nitrogens with zero attached hydrogens (tertiary/aromatic N) is 10. The van der Waals surface area contributed by atoms with Gasteiger partial charge in [-0.3, -0.25) is 0 Å². The maximum Gasteiger partial charge on any atom is 0.440 e. The molecule has 62 heavy (non-hydrogen) atoms. The van der Waals surface area contributed by atoms with E-state index in [-0.39, 0.29) is 33.6 Å². The molecule has 3 aliphatic rings. The van der Waals surface area contributed by atoms with Crippen molar-refractivity contribution < 1.29 is 42.8 Å². The molecule has 4 aromatic rings. The third kappa shape index (κ3) is 13.2. The zero-order chi connectivity index (χ0) is 45.4. The Balaban J connectivity index is 0.000000256. The molecular formula is C39H58Cl2N12O9. The van der Waals surface area contributed by atoms with Crippen LogP contribution in [0.3, 0.4) is 0 Å². The number of carbonyl (C=O) groups is 3. The van der Waals surface area contributed by atoms with Crippen LogP contribution in [0.25, 0.3) is 22.1 Å². The average molecular weight is 910 g/mol. The first-order chi connectivity index (χ1) is 29.2. The summed E-state index contributed by atoms with van der Waals surface area (Å²) >= 11 is 12.2. The van der Waals surface area contributed by atoms with Gasteiger partial charge in [-0.2, -0.15) is 35.1 Å². The van der Waals surface area contributed by atoms with Crippen molar-refractivity contribution in [3.05, 3.63) is 23.0 Å². The fourth-order valence-corrected chi connectivity index (χ4v) is 6.56. The van der Waals surface area contributed by atoms with Crippen LogP contribution in [0, 0.1) is 0 Å². The Bertz CT molecular complexity index is 2110. The molecule has 7 heterocycles. The predicted octanol–water partition coefficient (Wildman–Crippen LogP) is 8.27. The van der Waals surface area contributed by atoms with E-state index in [0.717, 1.165) is 57.3 Å². The summed E-state index contributed by atoms with van der Waals surface area (Å²) in [5, 5.41) is 10.5. The number of aromatic nitrogens is 8. The third-order valence-electron chi connectivity index (χ3n) is 8.75. The predicted molar refractivity (Wildman–Crippen MR) is 229 cm³/mol. The zero-order valence-corrected chi connectivity index (χ0v) is 38.3. The Morgan fingerprint density at radius 2 is 1.10 bits per heavy atom. The average Bonchev–Trinajstić information content (AvgIpc) is 3.98. The number of anilines is 2. The van der Waals surface area contributed by atoms with E-state index in [1.165, 1.54) is 23.7 Å². The molecule has 3 amide bonds. The van der Waals surface area contributed by atoms with E-state index in [1.807, 2.05) is 0 Å². The van der Waals surface area contributed by atoms with E-state index in [2.05, 4.69) is 35.6 Å². The summed E-state index contributed by atoms with van der Waals surface area (Å²) in [6, 6.07) is 0. The van der Waals surface area contributed by atoms with Gasteiger partial charge in [0.15, 0.2) is 35.4 Å². The number of amides is 3. The first-order valence-corrected chi connectivity index (χ1v) is 21.3. The normalized spacial score (nSPS) is 18.2. The Morgan fingerprint density at radius 3 is 1.52 bits per heavy atom. The van der Waals surface area contributed by atoms with Crippen LogP contribution >= 0.6 is 23.2 Å². The maximum atomic E-state index is 13.7. The number of nitrogens with two attached hydrogens (primary N) is 1. The molecule has 2 unspecified atom stereocenters. The standard InChI is InChI=1S/C25H37ClN6O7.C10H13ClN6O.C4H8O/c1-23(2,3)37-20(33)31(32(21(34)38-24(4,5)6)22(35)39-25(7,8)9)18-15-14-27-30(16-12-10-11-13-36-16)17(15)28-19(26)29-18;11-10-14-8(16-12)6-5-13-17(9(6)15-10)7-3-1-2-4-18-7;1-2-4-5-3-1/h14,16H,10-13H2,1-9H3;5,7H,1-4,12H2,(H,14,15,16);1-4H2. The molecule has 0 bridgehead atoms. The van der Waals surface area contributed by atoms with E-state index in [9.17, 15) is 14.4 Å². The van der Waals surface area contributed by atoms with Gasteiger partial charge in [0.05, 0.1) is 23.2 Å². The van der Waals surface area contributed by atoms with Gasteiger partial charge in [0.2, 0.25) is 10.6 Å². The number of hydrazine groups is 2. The van der Waals surface area contributed by atoms with Crippen LogP contribution in [0.4, 0.5) is 26.0 Å². The molecule has 3 N–H and O–H groups in total. The SMILES string of the molecule is C1CCOC1.CC(C)(C)OC(=O)N(C(=O)OC(C)(C)C)N(C(=O)OC(C)(C)C)c1nc(Cl)nc2c1cnn2C1CCCCO1.NNc1nc(Cl)nc2c1cnn2C1CCCCO1. The molecular weight excluding hydrogens is 851 g/mol. The van der Waals surface area contributed by atoms with Crippen molar-refractivity contribution in [1.82, 2.24) is 44.5 Å². The summed E-state index contributed by atoms with van der Waals surface area (Å²) in [6.07, 6.45) is 7.25. The third-order valence-corrected chi connectivity index (χ3v) is 9.09. The summed E-state index contributed by atoms with van der Waals surface area (Å²) < 4.78 is 36.3. The topological polar surface area (TPSA) is 238 Å². The lowest BCUT2D eigenvalue weighted by molar-refractivity contribution is -0.0371. The highest BCUT2D eigenvalue weighted by Crippen LogP contribution is 2.33. The number of imide groups is 1. The Morgan fingerprint density at radius 1 is 0.661 bits per heavy atom. The smallest absolute Gasteiger partial charge is 0.440 e. The molecule has 342 valence electrons. The van der Waals surface area contributed by atoms with Crippen LogP contribution in [-0.2, 0) is 28.4 Å². The van der Waals surface area contributed by atoms with E-state index >= 15 is 0 Å². The van der Waals surface area contributed by atoms with E-state index in [4.69, 9.17) is 57.5 Å². The number of ether oxygens (including phenoxy) is 6. The summed E-state index contributed by atoms with van der Waals surface area (Å²) in [5.74, 6) is 5.63. The summed E-state index contributed by atoms with van der Waals surface area (Å²) in [6.45, 7) is 17.9. The number of fused-ring (bicyclic) bond motifs is 2. The molecule has 3 saturated heterocycles. The van der Waals surface area contributed by atoms with Crippen LogP contribution in [0.15, 0.2) is 12.4 Å². The number of nitrogen functional groups attached to an aromatic ring is 1. The zero-order valence-electron chi connectivity index (χ0n) is 36.8. The van der Waals surface area contributed by atoms with Crippen LogP contribution in [-0.4, -0.2) is 106 Å². The summed E-state index contributed by atoms with van der Waals surface area (Å²) in [5.41, 5.74) is 0.294. The first-order valence-electron chi connectivity index (χ1n) is 20.5. The van der Waals surface area contributed by atoms with Crippen molar-refractivity contribution in [3.8, 4) is 0 Å². The van der Waals surface area contributed by atoms with Crippen LogP contribution in [0.1, 0.15) is 126 Å². The van der Waals surface area contributed by atoms with Gasteiger partial charge in [0.25, 0.3) is 0 Å². The van der Waals surface area contributed by atoms with Crippen molar-refractivity contribution >= 4 is 75.2 Å². The molecule has 0 radical (unpaired) electrons. The lowest BCUT2D eigenvalue weighted by Crippen LogP contribution is -2.57. The van der Waals surface area contributed by atoms with Crippen LogP contribution < -0.4 is 16.3 Å². The minimum atomic E-state index is -1.20. The lowest BCUT2D eigenvalue weighted by atomic mass is 10.2. The molecule has 21 nitrogen and oxygen atoms in total. The second-order valence-electron chi connectivity index (χ2n) is 17.5. The fraction of sp³-hybridized carbons (Fsp3) is 0.667. The number of hydrogen-bond acceptors (Lipinski definition) is 17. The maximum absolute atomic E-state index is 13.7. The van der Waals surface area contributed by atoms with Gasteiger partial charge in [0.1, 0.15) is 16.8 Å². The molecule has 0 aliphatic carbocycles. The van der Waals surface area contributed by atoms with Gasteiger partial charge in [-0.05, 0) is 137 Å². The van der Waals surface area contributed by atoms with Crippen molar-refractivity contribution in [3.63, 3.8) is 0 Å². The first kappa shape index (κ1) is 48.4. The van der Waals surface area contributed by atoms with Crippen LogP contribution in [0.5, 0.6) is 0 Å². The summed E-state index contributed by atoms with van der Waals surface area (Å²) in [4.78, 5) is 57.4. The lowest BCUT2D eigenvalue weighted by Gasteiger charge is -2.35. The van der Waals surface area contributed by atoms with E-state index < -0.39 is 41.3 Å². The highest BCUT2D eigenvalue weighted by atomic mass is 35.5. The quantitative estimate of drug-likeness (QED) is 0.0847. The molecule has 3 fully saturated rings. The molecule has 7 rings (SSSR count). The minimum absolute atomic E-state index is 0.0900. The monoisotopic (exact) mass is 908 g/mol. The molecule has 0 spiro atoms. The second-order valence-corrected chi connectivity index (χ2v) is 18.2. The van der Waals surface area contributed by atoms with E-state index in [0.29, 0.717) is 34.5 Å².